The van der Waals surface area contributed by atoms with Crippen LogP contribution in [-0.2, 0) is 14.4 Å². The van der Waals surface area contributed by atoms with Crippen LogP contribution in [-0.4, -0.2) is 65.8 Å². The minimum absolute atomic E-state index is 0.0789. The summed E-state index contributed by atoms with van der Waals surface area (Å²) in [7, 11) is 0. The Morgan fingerprint density at radius 2 is 1.86 bits per heavy atom. The van der Waals surface area contributed by atoms with Gasteiger partial charge < -0.3 is 20.9 Å². The Labute approximate surface area is 124 Å². The molecule has 0 aromatic rings. The summed E-state index contributed by atoms with van der Waals surface area (Å²) in [6.07, 6.45) is 2.14. The zero-order valence-electron chi connectivity index (χ0n) is 12.7. The first-order chi connectivity index (χ1) is 9.91. The fraction of sp³-hybridized carbons (Fsp3) is 0.786. The van der Waals surface area contributed by atoms with Crippen molar-refractivity contribution in [1.82, 2.24) is 15.1 Å². The normalized spacial score (nSPS) is 22.2. The van der Waals surface area contributed by atoms with Gasteiger partial charge in [-0.3, -0.25) is 14.4 Å². The van der Waals surface area contributed by atoms with E-state index < -0.39 is 17.4 Å². The molecule has 1 aliphatic carbocycles. The van der Waals surface area contributed by atoms with Crippen molar-refractivity contribution >= 4 is 17.7 Å². The summed E-state index contributed by atoms with van der Waals surface area (Å²) in [5.41, 5.74) is 5.35. The van der Waals surface area contributed by atoms with Gasteiger partial charge in [0.15, 0.2) is 0 Å². The van der Waals surface area contributed by atoms with Crippen LogP contribution >= 0.6 is 0 Å². The minimum Gasteiger partial charge on any atom is -0.348 e. The number of nitrogens with zero attached hydrogens (tertiary/aromatic N) is 2. The van der Waals surface area contributed by atoms with Crippen molar-refractivity contribution < 1.29 is 14.4 Å². The Morgan fingerprint density at radius 1 is 1.29 bits per heavy atom. The van der Waals surface area contributed by atoms with Crippen LogP contribution in [0.4, 0.5) is 0 Å². The number of amides is 3. The van der Waals surface area contributed by atoms with Crippen LogP contribution in [0.3, 0.4) is 0 Å². The van der Waals surface area contributed by atoms with Gasteiger partial charge in [0.1, 0.15) is 6.54 Å². The Morgan fingerprint density at radius 3 is 2.38 bits per heavy atom. The smallest absolute Gasteiger partial charge is 0.312 e. The van der Waals surface area contributed by atoms with Crippen LogP contribution in [0.5, 0.6) is 0 Å². The molecule has 21 heavy (non-hydrogen) atoms. The second kappa shape index (κ2) is 6.01. The van der Waals surface area contributed by atoms with Gasteiger partial charge in [-0.1, -0.05) is 0 Å². The van der Waals surface area contributed by atoms with Crippen LogP contribution in [0.15, 0.2) is 0 Å². The zero-order chi connectivity index (χ0) is 15.6. The van der Waals surface area contributed by atoms with Crippen LogP contribution in [0.25, 0.3) is 0 Å². The molecular weight excluding hydrogens is 272 g/mol. The van der Waals surface area contributed by atoms with Crippen LogP contribution in [0, 0.1) is 5.92 Å². The summed E-state index contributed by atoms with van der Waals surface area (Å²) in [5, 5.41) is 2.93. The second-order valence-electron chi connectivity index (χ2n) is 6.06. The highest BCUT2D eigenvalue weighted by molar-refractivity contribution is 6.35. The third-order valence-electron chi connectivity index (χ3n) is 4.44. The highest BCUT2D eigenvalue weighted by atomic mass is 16.2. The Bertz CT molecular complexity index is 450. The van der Waals surface area contributed by atoms with Crippen LogP contribution < -0.4 is 11.1 Å². The summed E-state index contributed by atoms with van der Waals surface area (Å²) in [6, 6.07) is 0. The van der Waals surface area contributed by atoms with E-state index in [1.54, 1.807) is 0 Å². The molecule has 1 saturated heterocycles. The highest BCUT2D eigenvalue weighted by Gasteiger charge is 2.42. The van der Waals surface area contributed by atoms with E-state index in [9.17, 15) is 14.4 Å². The quantitative estimate of drug-likeness (QED) is 0.610. The topological polar surface area (TPSA) is 95.7 Å². The lowest BCUT2D eigenvalue weighted by molar-refractivity contribution is -0.156. The number of rotatable bonds is 6. The largest absolute Gasteiger partial charge is 0.348 e. The fourth-order valence-corrected chi connectivity index (χ4v) is 2.74. The molecule has 1 saturated carbocycles. The fourth-order valence-electron chi connectivity index (χ4n) is 2.74. The molecule has 0 radical (unpaired) electrons. The summed E-state index contributed by atoms with van der Waals surface area (Å²) >= 11 is 0. The molecule has 1 unspecified atom stereocenters. The molecule has 2 rings (SSSR count). The lowest BCUT2D eigenvalue weighted by Crippen LogP contribution is -2.59. The maximum atomic E-state index is 12.1. The van der Waals surface area contributed by atoms with Gasteiger partial charge in [-0.2, -0.15) is 0 Å². The molecule has 2 fully saturated rings. The Hall–Kier alpha value is -1.63. The van der Waals surface area contributed by atoms with E-state index in [4.69, 9.17) is 5.73 Å². The first-order valence-electron chi connectivity index (χ1n) is 7.50. The van der Waals surface area contributed by atoms with Crippen molar-refractivity contribution in [2.45, 2.75) is 32.2 Å². The molecule has 7 heteroatoms. The van der Waals surface area contributed by atoms with Crippen molar-refractivity contribution in [3.63, 3.8) is 0 Å². The lowest BCUT2D eigenvalue weighted by atomic mass is 9.96. The number of likely N-dealkylation sites (N-methyl/N-ethyl adjacent to an activating group) is 1. The third kappa shape index (κ3) is 3.34. The average Bonchev–Trinajstić information content (AvgIpc) is 3.29. The molecule has 0 aromatic carbocycles. The molecule has 0 bridgehead atoms. The number of carbonyl (C=O) groups excluding carboxylic acids is 3. The molecule has 118 valence electrons. The summed E-state index contributed by atoms with van der Waals surface area (Å²) in [5.74, 6) is -0.957. The molecule has 0 spiro atoms. The monoisotopic (exact) mass is 296 g/mol. The van der Waals surface area contributed by atoms with Gasteiger partial charge in [-0.25, -0.2) is 0 Å². The van der Waals surface area contributed by atoms with E-state index >= 15 is 0 Å². The molecule has 7 nitrogen and oxygen atoms in total. The van der Waals surface area contributed by atoms with Gasteiger partial charge in [0.2, 0.25) is 5.91 Å². The molecule has 3 N–H and O–H groups in total. The minimum atomic E-state index is -0.598. The van der Waals surface area contributed by atoms with Gasteiger partial charge >= 0.3 is 11.8 Å². The van der Waals surface area contributed by atoms with Gasteiger partial charge in [-0.05, 0) is 32.6 Å². The number of nitrogens with two attached hydrogens (primary N) is 1. The Kier molecular flexibility index (Phi) is 4.51. The lowest BCUT2D eigenvalue weighted by Gasteiger charge is -2.34. The second-order valence-corrected chi connectivity index (χ2v) is 6.06. The van der Waals surface area contributed by atoms with Gasteiger partial charge in [-0.15, -0.1) is 0 Å². The van der Waals surface area contributed by atoms with E-state index in [-0.39, 0.29) is 12.5 Å². The number of piperazine rings is 1. The Balaban J connectivity index is 1.91. The van der Waals surface area contributed by atoms with E-state index in [1.165, 1.54) is 9.80 Å². The maximum absolute atomic E-state index is 12.1. The van der Waals surface area contributed by atoms with Gasteiger partial charge in [0.25, 0.3) is 0 Å². The predicted molar refractivity (Wildman–Crippen MR) is 77.2 cm³/mol. The maximum Gasteiger partial charge on any atom is 0.312 e. The van der Waals surface area contributed by atoms with Gasteiger partial charge in [0, 0.05) is 26.2 Å². The van der Waals surface area contributed by atoms with Crippen LogP contribution in [0.1, 0.15) is 26.7 Å². The van der Waals surface area contributed by atoms with Crippen molar-refractivity contribution in [2.24, 2.45) is 11.7 Å². The molecule has 1 aliphatic heterocycles. The van der Waals surface area contributed by atoms with E-state index in [2.05, 4.69) is 5.32 Å². The number of carbonyl (C=O) groups is 3. The summed E-state index contributed by atoms with van der Waals surface area (Å²) in [4.78, 5) is 38.7. The number of hydrogen-bond acceptors (Lipinski definition) is 4. The molecule has 2 aliphatic rings. The number of nitrogens with one attached hydrogen (secondary N) is 1. The first kappa shape index (κ1) is 15.8. The summed E-state index contributed by atoms with van der Waals surface area (Å²) in [6.45, 7) is 5.45. The molecular formula is C14H24N4O3. The average molecular weight is 296 g/mol. The standard InChI is InChI=1S/C14H24N4O3/c1-3-17-6-7-18(13(21)12(17)20)8-11(19)16-14(2,9-15)10-4-5-10/h10H,3-9,15H2,1-2H3,(H,16,19). The predicted octanol–water partition coefficient (Wildman–Crippen LogP) is -1.08. The van der Waals surface area contributed by atoms with Crippen molar-refractivity contribution in [2.75, 3.05) is 32.7 Å². The van der Waals surface area contributed by atoms with Crippen LogP contribution in [0.2, 0.25) is 0 Å². The van der Waals surface area contributed by atoms with Crippen molar-refractivity contribution in [3.05, 3.63) is 0 Å². The van der Waals surface area contributed by atoms with E-state index in [1.807, 2.05) is 13.8 Å². The zero-order valence-corrected chi connectivity index (χ0v) is 12.7. The summed E-state index contributed by atoms with van der Waals surface area (Å²) < 4.78 is 0. The van der Waals surface area contributed by atoms with Crippen molar-refractivity contribution in [3.8, 4) is 0 Å². The van der Waals surface area contributed by atoms with Gasteiger partial charge in [0.05, 0.1) is 5.54 Å². The first-order valence-corrected chi connectivity index (χ1v) is 7.50. The molecule has 1 heterocycles. The number of hydrogen-bond donors (Lipinski definition) is 2. The molecule has 1 atom stereocenters. The third-order valence-corrected chi connectivity index (χ3v) is 4.44. The van der Waals surface area contributed by atoms with E-state index in [0.29, 0.717) is 32.1 Å². The molecule has 0 aromatic heterocycles. The SMILES string of the molecule is CCN1CCN(CC(=O)NC(C)(CN)C2CC2)C(=O)C1=O. The van der Waals surface area contributed by atoms with E-state index in [0.717, 1.165) is 12.8 Å². The van der Waals surface area contributed by atoms with Crippen molar-refractivity contribution in [1.29, 1.82) is 0 Å². The highest BCUT2D eigenvalue weighted by Crippen LogP contribution is 2.38. The molecule has 3 amide bonds.